The second-order valence-corrected chi connectivity index (χ2v) is 4.58. The van der Waals surface area contributed by atoms with Crippen LogP contribution in [0.4, 0.5) is 11.8 Å². The van der Waals surface area contributed by atoms with Gasteiger partial charge in [0.2, 0.25) is 5.95 Å². The van der Waals surface area contributed by atoms with Gasteiger partial charge in [-0.2, -0.15) is 4.98 Å². The average molecular weight is 319 g/mol. The number of hydrogen-bond donors (Lipinski definition) is 3. The van der Waals surface area contributed by atoms with Gasteiger partial charge in [-0.3, -0.25) is 0 Å². The summed E-state index contributed by atoms with van der Waals surface area (Å²) in [4.78, 5) is 8.49. The molecular weight excluding hydrogens is 300 g/mol. The van der Waals surface area contributed by atoms with Gasteiger partial charge in [-0.25, -0.2) is 4.98 Å². The van der Waals surface area contributed by atoms with Crippen molar-refractivity contribution in [2.45, 2.75) is 19.4 Å². The Labute approximate surface area is 115 Å². The maximum atomic E-state index is 9.00. The topological polar surface area (TPSA) is 79.3 Å². The molecule has 0 aliphatic heterocycles. The lowest BCUT2D eigenvalue weighted by molar-refractivity contribution is 0.170. The molecule has 0 bridgehead atoms. The van der Waals surface area contributed by atoms with Crippen molar-refractivity contribution in [1.82, 2.24) is 9.97 Å². The zero-order valence-corrected chi connectivity index (χ0v) is 12.2. The van der Waals surface area contributed by atoms with Crippen LogP contribution in [0.2, 0.25) is 0 Å². The van der Waals surface area contributed by atoms with E-state index in [4.69, 9.17) is 9.84 Å². The Bertz CT molecular complexity index is 359. The van der Waals surface area contributed by atoms with Gasteiger partial charge in [0.05, 0.1) is 17.1 Å². The van der Waals surface area contributed by atoms with Crippen LogP contribution in [0, 0.1) is 0 Å². The number of aliphatic hydroxyl groups excluding tert-OH is 1. The summed E-state index contributed by atoms with van der Waals surface area (Å²) in [5.74, 6) is 1.26. The highest BCUT2D eigenvalue weighted by molar-refractivity contribution is 9.10. The number of nitrogens with one attached hydrogen (secondary N) is 2. The molecule has 0 saturated carbocycles. The lowest BCUT2D eigenvalue weighted by Crippen LogP contribution is -2.27. The van der Waals surface area contributed by atoms with E-state index in [0.29, 0.717) is 24.8 Å². The quantitative estimate of drug-likeness (QED) is 0.674. The number of methoxy groups -OCH3 is 1. The Morgan fingerprint density at radius 3 is 2.94 bits per heavy atom. The van der Waals surface area contributed by atoms with E-state index >= 15 is 0 Å². The molecule has 102 valence electrons. The Kier molecular flexibility index (Phi) is 6.92. The number of nitrogens with zero attached hydrogens (tertiary/aromatic N) is 2. The third kappa shape index (κ3) is 4.75. The lowest BCUT2D eigenvalue weighted by Gasteiger charge is -2.18. The third-order valence-electron chi connectivity index (χ3n) is 2.27. The molecule has 6 nitrogen and oxygen atoms in total. The fourth-order valence-corrected chi connectivity index (χ4v) is 1.76. The van der Waals surface area contributed by atoms with E-state index in [-0.39, 0.29) is 12.6 Å². The van der Waals surface area contributed by atoms with Crippen molar-refractivity contribution in [2.24, 2.45) is 0 Å². The van der Waals surface area contributed by atoms with E-state index < -0.39 is 0 Å². The Morgan fingerprint density at radius 2 is 2.33 bits per heavy atom. The molecule has 3 N–H and O–H groups in total. The molecule has 0 fully saturated rings. The molecule has 0 aromatic carbocycles. The summed E-state index contributed by atoms with van der Waals surface area (Å²) in [6, 6.07) is 0.0145. The predicted octanol–water partition coefficient (Wildman–Crippen LogP) is 1.48. The molecule has 0 radical (unpaired) electrons. The number of ether oxygens (including phenoxy) is 1. The van der Waals surface area contributed by atoms with E-state index in [9.17, 15) is 0 Å². The standard InChI is InChI=1S/C11H19BrN4O2/c1-3-13-11-14-6-9(12)10(16-11)15-8(4-5-17)7-18-2/h6,8,17H,3-5,7H2,1-2H3,(H2,13,14,15,16). The largest absolute Gasteiger partial charge is 0.396 e. The van der Waals surface area contributed by atoms with E-state index in [2.05, 4.69) is 36.5 Å². The molecule has 1 aromatic heterocycles. The summed E-state index contributed by atoms with van der Waals surface area (Å²) in [6.45, 7) is 3.36. The van der Waals surface area contributed by atoms with Crippen molar-refractivity contribution < 1.29 is 9.84 Å². The number of aromatic nitrogens is 2. The van der Waals surface area contributed by atoms with Gasteiger partial charge < -0.3 is 20.5 Å². The molecule has 0 amide bonds. The molecule has 1 aromatic rings. The molecule has 0 aliphatic rings. The van der Waals surface area contributed by atoms with Gasteiger partial charge in [0.25, 0.3) is 0 Å². The van der Waals surface area contributed by atoms with Crippen LogP contribution in [0.3, 0.4) is 0 Å². The first-order valence-corrected chi connectivity index (χ1v) is 6.63. The average Bonchev–Trinajstić information content (AvgIpc) is 2.34. The number of rotatable bonds is 8. The van der Waals surface area contributed by atoms with Crippen LogP contribution in [0.25, 0.3) is 0 Å². The molecule has 1 heterocycles. The first-order valence-electron chi connectivity index (χ1n) is 5.84. The zero-order valence-electron chi connectivity index (χ0n) is 10.6. The van der Waals surface area contributed by atoms with Gasteiger partial charge in [-0.1, -0.05) is 0 Å². The fraction of sp³-hybridized carbons (Fsp3) is 0.636. The summed E-state index contributed by atoms with van der Waals surface area (Å²) in [6.07, 6.45) is 2.29. The number of aliphatic hydroxyl groups is 1. The maximum absolute atomic E-state index is 9.00. The van der Waals surface area contributed by atoms with E-state index in [1.807, 2.05) is 6.92 Å². The normalized spacial score (nSPS) is 12.2. The molecule has 1 rings (SSSR count). The Balaban J connectivity index is 2.76. The van der Waals surface area contributed by atoms with Crippen molar-refractivity contribution in [3.05, 3.63) is 10.7 Å². The van der Waals surface area contributed by atoms with Crippen molar-refractivity contribution in [2.75, 3.05) is 37.5 Å². The Morgan fingerprint density at radius 1 is 1.56 bits per heavy atom. The molecule has 0 aliphatic carbocycles. The highest BCUT2D eigenvalue weighted by atomic mass is 79.9. The first-order chi connectivity index (χ1) is 8.71. The molecule has 1 unspecified atom stereocenters. The fourth-order valence-electron chi connectivity index (χ4n) is 1.46. The van der Waals surface area contributed by atoms with E-state index in [1.165, 1.54) is 0 Å². The molecule has 18 heavy (non-hydrogen) atoms. The van der Waals surface area contributed by atoms with Gasteiger partial charge in [-0.15, -0.1) is 0 Å². The van der Waals surface area contributed by atoms with Crippen LogP contribution in [0.1, 0.15) is 13.3 Å². The summed E-state index contributed by atoms with van der Waals surface area (Å²) in [5.41, 5.74) is 0. The monoisotopic (exact) mass is 318 g/mol. The predicted molar refractivity (Wildman–Crippen MR) is 74.9 cm³/mol. The van der Waals surface area contributed by atoms with Crippen molar-refractivity contribution in [3.63, 3.8) is 0 Å². The number of anilines is 2. The van der Waals surface area contributed by atoms with Gasteiger partial charge in [0.15, 0.2) is 0 Å². The van der Waals surface area contributed by atoms with Crippen LogP contribution < -0.4 is 10.6 Å². The van der Waals surface area contributed by atoms with E-state index in [1.54, 1.807) is 13.3 Å². The summed E-state index contributed by atoms with van der Waals surface area (Å²) in [5, 5.41) is 15.3. The van der Waals surface area contributed by atoms with Gasteiger partial charge in [0, 0.05) is 26.5 Å². The Hall–Kier alpha value is -0.920. The maximum Gasteiger partial charge on any atom is 0.224 e. The smallest absolute Gasteiger partial charge is 0.224 e. The summed E-state index contributed by atoms with van der Waals surface area (Å²) >= 11 is 3.39. The van der Waals surface area contributed by atoms with Gasteiger partial charge >= 0.3 is 0 Å². The zero-order chi connectivity index (χ0) is 13.4. The molecular formula is C11H19BrN4O2. The first kappa shape index (κ1) is 15.1. The summed E-state index contributed by atoms with van der Waals surface area (Å²) < 4.78 is 5.88. The van der Waals surface area contributed by atoms with Gasteiger partial charge in [0.1, 0.15) is 5.82 Å². The highest BCUT2D eigenvalue weighted by Crippen LogP contribution is 2.21. The van der Waals surface area contributed by atoms with Crippen molar-refractivity contribution in [1.29, 1.82) is 0 Å². The van der Waals surface area contributed by atoms with Crippen molar-refractivity contribution in [3.8, 4) is 0 Å². The van der Waals surface area contributed by atoms with Crippen LogP contribution in [0.5, 0.6) is 0 Å². The van der Waals surface area contributed by atoms with Gasteiger partial charge in [-0.05, 0) is 29.3 Å². The molecule has 0 saturated heterocycles. The molecule has 7 heteroatoms. The van der Waals surface area contributed by atoms with Crippen LogP contribution in [-0.4, -0.2) is 48.0 Å². The molecule has 1 atom stereocenters. The minimum Gasteiger partial charge on any atom is -0.396 e. The minimum atomic E-state index is 0.0145. The third-order valence-corrected chi connectivity index (χ3v) is 2.85. The number of halogens is 1. The van der Waals surface area contributed by atoms with E-state index in [0.717, 1.165) is 11.0 Å². The molecule has 0 spiro atoms. The van der Waals surface area contributed by atoms with Crippen LogP contribution in [0.15, 0.2) is 10.7 Å². The SMILES string of the molecule is CCNc1ncc(Br)c(NC(CCO)COC)n1. The highest BCUT2D eigenvalue weighted by Gasteiger charge is 2.11. The van der Waals surface area contributed by atoms with Crippen molar-refractivity contribution >= 4 is 27.7 Å². The minimum absolute atomic E-state index is 0.0145. The lowest BCUT2D eigenvalue weighted by atomic mass is 10.2. The van der Waals surface area contributed by atoms with Crippen LogP contribution >= 0.6 is 15.9 Å². The summed E-state index contributed by atoms with van der Waals surface area (Å²) in [7, 11) is 1.63. The second kappa shape index (κ2) is 8.23. The second-order valence-electron chi connectivity index (χ2n) is 3.73. The van der Waals surface area contributed by atoms with Crippen LogP contribution in [-0.2, 0) is 4.74 Å². The number of hydrogen-bond acceptors (Lipinski definition) is 6.